The maximum Gasteiger partial charge on any atom is 0.0534 e. The van der Waals surface area contributed by atoms with E-state index in [2.05, 4.69) is 17.3 Å². The molecule has 0 fully saturated rings. The molecule has 1 heterocycles. The van der Waals surface area contributed by atoms with Crippen LogP contribution in [0.3, 0.4) is 0 Å². The van der Waals surface area contributed by atoms with Gasteiger partial charge in [0.2, 0.25) is 0 Å². The van der Waals surface area contributed by atoms with E-state index in [-0.39, 0.29) is 6.61 Å². The lowest BCUT2D eigenvalue weighted by atomic mass is 10.1. The number of aliphatic hydroxyl groups excluding tert-OH is 1. The Hall–Kier alpha value is -0.870. The molecule has 2 N–H and O–H groups in total. The highest BCUT2D eigenvalue weighted by molar-refractivity contribution is 5.02. The van der Waals surface area contributed by atoms with E-state index in [4.69, 9.17) is 5.11 Å². The van der Waals surface area contributed by atoms with E-state index in [1.54, 1.807) is 4.68 Å². The number of nitrogens with zero attached hydrogens (tertiary/aromatic N) is 2. The standard InChI is InChI=1S/C10H19N3O/c1-9(3-4-14)5-11-6-10-7-12-13(2)8-10/h7-9,11,14H,3-6H2,1-2H3. The van der Waals surface area contributed by atoms with Crippen LogP contribution in [0.25, 0.3) is 0 Å². The number of nitrogens with one attached hydrogen (secondary N) is 1. The van der Waals surface area contributed by atoms with Crippen molar-refractivity contribution in [2.24, 2.45) is 13.0 Å². The average molecular weight is 197 g/mol. The summed E-state index contributed by atoms with van der Waals surface area (Å²) in [5.74, 6) is 0.525. The van der Waals surface area contributed by atoms with E-state index < -0.39 is 0 Å². The van der Waals surface area contributed by atoms with Crippen molar-refractivity contribution in [2.75, 3.05) is 13.2 Å². The minimum absolute atomic E-state index is 0.274. The predicted octanol–water partition coefficient (Wildman–Crippen LogP) is 0.528. The van der Waals surface area contributed by atoms with Crippen LogP contribution in [0.1, 0.15) is 18.9 Å². The Morgan fingerprint density at radius 1 is 1.64 bits per heavy atom. The van der Waals surface area contributed by atoms with Gasteiger partial charge in [0.25, 0.3) is 0 Å². The van der Waals surface area contributed by atoms with Gasteiger partial charge < -0.3 is 10.4 Å². The van der Waals surface area contributed by atoms with E-state index in [1.807, 2.05) is 19.4 Å². The van der Waals surface area contributed by atoms with Crippen LogP contribution in [0.5, 0.6) is 0 Å². The van der Waals surface area contributed by atoms with Gasteiger partial charge in [-0.3, -0.25) is 4.68 Å². The molecule has 0 aliphatic rings. The normalized spacial score (nSPS) is 13.1. The Labute approximate surface area is 84.9 Å². The zero-order valence-corrected chi connectivity index (χ0v) is 8.90. The Bertz CT molecular complexity index is 260. The largest absolute Gasteiger partial charge is 0.396 e. The van der Waals surface area contributed by atoms with Crippen molar-refractivity contribution >= 4 is 0 Å². The van der Waals surface area contributed by atoms with Crippen LogP contribution in [-0.2, 0) is 13.6 Å². The van der Waals surface area contributed by atoms with Gasteiger partial charge in [-0.1, -0.05) is 6.92 Å². The number of aliphatic hydroxyl groups is 1. The number of aryl methyl sites for hydroxylation is 1. The molecule has 0 aliphatic heterocycles. The highest BCUT2D eigenvalue weighted by Gasteiger charge is 2.01. The van der Waals surface area contributed by atoms with E-state index in [0.29, 0.717) is 5.92 Å². The minimum Gasteiger partial charge on any atom is -0.396 e. The van der Waals surface area contributed by atoms with Crippen molar-refractivity contribution in [3.05, 3.63) is 18.0 Å². The fraction of sp³-hybridized carbons (Fsp3) is 0.700. The molecule has 1 unspecified atom stereocenters. The third-order valence-corrected chi connectivity index (χ3v) is 2.20. The first-order valence-electron chi connectivity index (χ1n) is 5.01. The summed E-state index contributed by atoms with van der Waals surface area (Å²) < 4.78 is 1.80. The maximum absolute atomic E-state index is 8.72. The van der Waals surface area contributed by atoms with Crippen LogP contribution < -0.4 is 5.32 Å². The van der Waals surface area contributed by atoms with Crippen molar-refractivity contribution in [1.29, 1.82) is 0 Å². The second-order valence-corrected chi connectivity index (χ2v) is 3.77. The molecule has 0 radical (unpaired) electrons. The molecule has 0 spiro atoms. The van der Waals surface area contributed by atoms with E-state index in [0.717, 1.165) is 19.5 Å². The van der Waals surface area contributed by atoms with E-state index >= 15 is 0 Å². The summed E-state index contributed by atoms with van der Waals surface area (Å²) in [6, 6.07) is 0. The zero-order chi connectivity index (χ0) is 10.4. The van der Waals surface area contributed by atoms with Crippen LogP contribution in [0.4, 0.5) is 0 Å². The Kier molecular flexibility index (Phi) is 4.62. The van der Waals surface area contributed by atoms with Gasteiger partial charge in [-0.2, -0.15) is 5.10 Å². The van der Waals surface area contributed by atoms with Gasteiger partial charge in [0, 0.05) is 32.0 Å². The molecular weight excluding hydrogens is 178 g/mol. The second-order valence-electron chi connectivity index (χ2n) is 3.77. The van der Waals surface area contributed by atoms with Crippen molar-refractivity contribution in [1.82, 2.24) is 15.1 Å². The summed E-state index contributed by atoms with van der Waals surface area (Å²) >= 11 is 0. The van der Waals surface area contributed by atoms with E-state index in [1.165, 1.54) is 5.56 Å². The fourth-order valence-corrected chi connectivity index (χ4v) is 1.35. The number of aromatic nitrogens is 2. The van der Waals surface area contributed by atoms with Gasteiger partial charge in [-0.05, 0) is 18.9 Å². The topological polar surface area (TPSA) is 50.1 Å². The predicted molar refractivity (Wildman–Crippen MR) is 55.8 cm³/mol. The Morgan fingerprint density at radius 3 is 3.00 bits per heavy atom. The first-order chi connectivity index (χ1) is 6.72. The SMILES string of the molecule is CC(CCO)CNCc1cnn(C)c1. The molecular formula is C10H19N3O. The minimum atomic E-state index is 0.274. The molecule has 0 saturated carbocycles. The van der Waals surface area contributed by atoms with Crippen molar-refractivity contribution in [3.63, 3.8) is 0 Å². The third-order valence-electron chi connectivity index (χ3n) is 2.20. The molecule has 0 aliphatic carbocycles. The summed E-state index contributed by atoms with van der Waals surface area (Å²) in [5.41, 5.74) is 1.20. The highest BCUT2D eigenvalue weighted by Crippen LogP contribution is 2.00. The van der Waals surface area contributed by atoms with Crippen LogP contribution in [-0.4, -0.2) is 28.0 Å². The molecule has 4 heteroatoms. The first kappa shape index (κ1) is 11.2. The summed E-state index contributed by atoms with van der Waals surface area (Å²) in [5, 5.41) is 16.1. The lowest BCUT2D eigenvalue weighted by molar-refractivity contribution is 0.260. The molecule has 80 valence electrons. The molecule has 1 rings (SSSR count). The molecule has 0 bridgehead atoms. The van der Waals surface area contributed by atoms with Crippen molar-refractivity contribution in [3.8, 4) is 0 Å². The fourth-order valence-electron chi connectivity index (χ4n) is 1.35. The van der Waals surface area contributed by atoms with Gasteiger partial charge in [-0.15, -0.1) is 0 Å². The summed E-state index contributed by atoms with van der Waals surface area (Å²) in [4.78, 5) is 0. The first-order valence-corrected chi connectivity index (χ1v) is 5.01. The van der Waals surface area contributed by atoms with Crippen LogP contribution >= 0.6 is 0 Å². The van der Waals surface area contributed by atoms with E-state index in [9.17, 15) is 0 Å². The molecule has 0 aromatic carbocycles. The van der Waals surface area contributed by atoms with Gasteiger partial charge in [0.1, 0.15) is 0 Å². The maximum atomic E-state index is 8.72. The van der Waals surface area contributed by atoms with Gasteiger partial charge in [0.15, 0.2) is 0 Å². The zero-order valence-electron chi connectivity index (χ0n) is 8.90. The molecule has 4 nitrogen and oxygen atoms in total. The number of hydrogen-bond acceptors (Lipinski definition) is 3. The molecule has 0 saturated heterocycles. The Balaban J connectivity index is 2.15. The van der Waals surface area contributed by atoms with Gasteiger partial charge >= 0.3 is 0 Å². The van der Waals surface area contributed by atoms with Crippen LogP contribution in [0, 0.1) is 5.92 Å². The van der Waals surface area contributed by atoms with Crippen molar-refractivity contribution < 1.29 is 5.11 Å². The summed E-state index contributed by atoms with van der Waals surface area (Å²) in [7, 11) is 1.91. The molecule has 1 aromatic heterocycles. The van der Waals surface area contributed by atoms with Crippen LogP contribution in [0.2, 0.25) is 0 Å². The van der Waals surface area contributed by atoms with Crippen molar-refractivity contribution in [2.45, 2.75) is 19.9 Å². The lowest BCUT2D eigenvalue weighted by Gasteiger charge is -2.09. The van der Waals surface area contributed by atoms with Gasteiger partial charge in [-0.25, -0.2) is 0 Å². The smallest absolute Gasteiger partial charge is 0.0534 e. The summed E-state index contributed by atoms with van der Waals surface area (Å²) in [6.07, 6.45) is 4.73. The molecule has 0 amide bonds. The molecule has 1 atom stereocenters. The highest BCUT2D eigenvalue weighted by atomic mass is 16.3. The number of hydrogen-bond donors (Lipinski definition) is 2. The molecule has 1 aromatic rings. The monoisotopic (exact) mass is 197 g/mol. The third kappa shape index (κ3) is 3.89. The van der Waals surface area contributed by atoms with Crippen LogP contribution in [0.15, 0.2) is 12.4 Å². The lowest BCUT2D eigenvalue weighted by Crippen LogP contribution is -2.21. The summed E-state index contributed by atoms with van der Waals surface area (Å²) in [6.45, 7) is 4.20. The Morgan fingerprint density at radius 2 is 2.43 bits per heavy atom. The second kappa shape index (κ2) is 5.78. The van der Waals surface area contributed by atoms with Gasteiger partial charge in [0.05, 0.1) is 6.20 Å². The number of rotatable bonds is 6. The molecule has 14 heavy (non-hydrogen) atoms. The quantitative estimate of drug-likeness (QED) is 0.699. The average Bonchev–Trinajstić information content (AvgIpc) is 2.52.